The Bertz CT molecular complexity index is 641. The predicted octanol–water partition coefficient (Wildman–Crippen LogP) is 1.60. The third-order valence-corrected chi connectivity index (χ3v) is 3.65. The number of carbonyl (C=O) groups excluding carboxylic acids is 2. The minimum Gasteiger partial charge on any atom is -0.291 e. The number of Topliss-reactive ketones (excluding diaryl/α,β-unsaturated/α-hetero) is 1. The molecule has 0 spiro atoms. The highest BCUT2D eigenvalue weighted by atomic mass is 35.5. The number of halogens is 1. The van der Waals surface area contributed by atoms with E-state index in [4.69, 9.17) is 11.6 Å². The molecule has 1 aliphatic rings. The molecule has 1 aliphatic heterocycles. The molecular formula is C12H10ClN3O4. The number of hydrazone groups is 1. The molecule has 0 radical (unpaired) electrons. The molecule has 20 heavy (non-hydrogen) atoms. The van der Waals surface area contributed by atoms with Crippen molar-refractivity contribution in [3.8, 4) is 0 Å². The predicted molar refractivity (Wildman–Crippen MR) is 71.9 cm³/mol. The maximum absolute atomic E-state index is 12.4. The molecule has 1 aromatic rings. The third kappa shape index (κ3) is 1.96. The second-order valence-corrected chi connectivity index (χ2v) is 4.87. The van der Waals surface area contributed by atoms with Gasteiger partial charge in [0.15, 0.2) is 5.78 Å². The number of nitro benzene ring substituents is 1. The summed E-state index contributed by atoms with van der Waals surface area (Å²) in [5.74, 6) is -1.29. The minimum absolute atomic E-state index is 0.115. The fourth-order valence-corrected chi connectivity index (χ4v) is 2.18. The van der Waals surface area contributed by atoms with Crippen LogP contribution in [0.3, 0.4) is 0 Å². The van der Waals surface area contributed by atoms with Gasteiger partial charge in [-0.25, -0.2) is 5.01 Å². The molecule has 1 amide bonds. The Labute approximate surface area is 119 Å². The van der Waals surface area contributed by atoms with E-state index in [0.29, 0.717) is 0 Å². The topological polar surface area (TPSA) is 92.9 Å². The Balaban J connectivity index is 2.39. The highest BCUT2D eigenvalue weighted by Crippen LogP contribution is 2.31. The van der Waals surface area contributed by atoms with Gasteiger partial charge in [-0.2, -0.15) is 5.10 Å². The first-order valence-corrected chi connectivity index (χ1v) is 5.98. The van der Waals surface area contributed by atoms with Gasteiger partial charge < -0.3 is 0 Å². The van der Waals surface area contributed by atoms with Crippen molar-refractivity contribution in [2.24, 2.45) is 5.10 Å². The summed E-state index contributed by atoms with van der Waals surface area (Å²) in [7, 11) is 1.40. The molecule has 1 unspecified atom stereocenters. The minimum atomic E-state index is -1.87. The van der Waals surface area contributed by atoms with Crippen molar-refractivity contribution < 1.29 is 14.5 Å². The number of nitro groups is 1. The van der Waals surface area contributed by atoms with E-state index in [1.54, 1.807) is 0 Å². The summed E-state index contributed by atoms with van der Waals surface area (Å²) < 4.78 is 0. The number of ketones is 1. The van der Waals surface area contributed by atoms with Crippen LogP contribution in [0.25, 0.3) is 0 Å². The molecule has 1 aromatic carbocycles. The van der Waals surface area contributed by atoms with Crippen LogP contribution in [-0.2, 0) is 4.79 Å². The van der Waals surface area contributed by atoms with Crippen LogP contribution < -0.4 is 0 Å². The zero-order valence-electron chi connectivity index (χ0n) is 10.7. The molecule has 2 rings (SSSR count). The van der Waals surface area contributed by atoms with Crippen molar-refractivity contribution in [1.29, 1.82) is 0 Å². The van der Waals surface area contributed by atoms with Crippen molar-refractivity contribution in [3.05, 3.63) is 39.9 Å². The zero-order chi connectivity index (χ0) is 15.1. The molecule has 7 nitrogen and oxygen atoms in total. The molecule has 1 heterocycles. The maximum atomic E-state index is 12.4. The number of hydrogen-bond acceptors (Lipinski definition) is 5. The first kappa shape index (κ1) is 14.1. The van der Waals surface area contributed by atoms with E-state index in [9.17, 15) is 19.7 Å². The van der Waals surface area contributed by atoms with Gasteiger partial charge in [0.1, 0.15) is 0 Å². The van der Waals surface area contributed by atoms with Crippen molar-refractivity contribution >= 4 is 34.7 Å². The van der Waals surface area contributed by atoms with Crippen LogP contribution >= 0.6 is 11.6 Å². The van der Waals surface area contributed by atoms with E-state index >= 15 is 0 Å². The first-order valence-electron chi connectivity index (χ1n) is 5.60. The number of carbonyl (C=O) groups is 2. The molecule has 8 heteroatoms. The van der Waals surface area contributed by atoms with Crippen LogP contribution in [0.5, 0.6) is 0 Å². The average Bonchev–Trinajstić information content (AvgIpc) is 2.62. The number of nitrogens with zero attached hydrogens (tertiary/aromatic N) is 3. The van der Waals surface area contributed by atoms with Crippen molar-refractivity contribution in [1.82, 2.24) is 5.01 Å². The maximum Gasteiger partial charge on any atom is 0.277 e. The van der Waals surface area contributed by atoms with Crippen LogP contribution in [0.1, 0.15) is 17.3 Å². The fourth-order valence-electron chi connectivity index (χ4n) is 1.91. The molecule has 0 saturated heterocycles. The summed E-state index contributed by atoms with van der Waals surface area (Å²) in [6.07, 6.45) is 0. The van der Waals surface area contributed by atoms with E-state index in [2.05, 4.69) is 5.10 Å². The van der Waals surface area contributed by atoms with E-state index < -0.39 is 21.5 Å². The Kier molecular flexibility index (Phi) is 3.31. The normalized spacial score (nSPS) is 21.9. The molecule has 0 aliphatic carbocycles. The SMILES string of the molecule is CC1=NN(C)C(=O)C1(Cl)C(=O)c1ccc([N+](=O)[O-])cc1. The standard InChI is InChI=1S/C12H10ClN3O4/c1-7-12(13,11(18)15(2)14-7)10(17)8-3-5-9(6-4-8)16(19)20/h3-6H,1-2H3. The summed E-state index contributed by atoms with van der Waals surface area (Å²) in [6.45, 7) is 1.48. The molecular weight excluding hydrogens is 286 g/mol. The van der Waals surface area contributed by atoms with Gasteiger partial charge in [0.25, 0.3) is 11.6 Å². The molecule has 0 N–H and O–H groups in total. The smallest absolute Gasteiger partial charge is 0.277 e. The Morgan fingerprint density at radius 2 is 1.95 bits per heavy atom. The molecule has 0 aromatic heterocycles. The first-order chi connectivity index (χ1) is 9.28. The number of alkyl halides is 1. The highest BCUT2D eigenvalue weighted by molar-refractivity contribution is 6.60. The lowest BCUT2D eigenvalue weighted by molar-refractivity contribution is -0.384. The summed E-state index contributed by atoms with van der Waals surface area (Å²) >= 11 is 6.15. The van der Waals surface area contributed by atoms with Gasteiger partial charge in [-0.3, -0.25) is 19.7 Å². The Morgan fingerprint density at radius 1 is 1.40 bits per heavy atom. The number of rotatable bonds is 3. The fraction of sp³-hybridized carbons (Fsp3) is 0.250. The molecule has 0 fully saturated rings. The van der Waals surface area contributed by atoms with Gasteiger partial charge in [-0.15, -0.1) is 0 Å². The second kappa shape index (κ2) is 4.68. The van der Waals surface area contributed by atoms with Crippen LogP contribution in [0.15, 0.2) is 29.4 Å². The van der Waals surface area contributed by atoms with Gasteiger partial charge >= 0.3 is 0 Å². The van der Waals surface area contributed by atoms with Gasteiger partial charge in [-0.05, 0) is 19.1 Å². The van der Waals surface area contributed by atoms with Crippen molar-refractivity contribution in [2.45, 2.75) is 11.8 Å². The van der Waals surface area contributed by atoms with E-state index in [-0.39, 0.29) is 17.0 Å². The zero-order valence-corrected chi connectivity index (χ0v) is 11.4. The largest absolute Gasteiger partial charge is 0.291 e. The van der Waals surface area contributed by atoms with E-state index in [1.165, 1.54) is 38.2 Å². The van der Waals surface area contributed by atoms with Crippen LogP contribution in [0.2, 0.25) is 0 Å². The Hall–Kier alpha value is -2.28. The van der Waals surface area contributed by atoms with Crippen LogP contribution in [-0.4, -0.2) is 39.3 Å². The lowest BCUT2D eigenvalue weighted by Crippen LogP contribution is -2.46. The van der Waals surface area contributed by atoms with E-state index in [1.807, 2.05) is 0 Å². The van der Waals surface area contributed by atoms with Gasteiger partial charge in [0.05, 0.1) is 10.6 Å². The van der Waals surface area contributed by atoms with E-state index in [0.717, 1.165) is 5.01 Å². The highest BCUT2D eigenvalue weighted by Gasteiger charge is 2.53. The third-order valence-electron chi connectivity index (χ3n) is 3.04. The number of benzene rings is 1. The summed E-state index contributed by atoms with van der Waals surface area (Å²) in [5.41, 5.74) is 0.143. The quantitative estimate of drug-likeness (QED) is 0.278. The second-order valence-electron chi connectivity index (χ2n) is 4.31. The Morgan fingerprint density at radius 3 is 2.35 bits per heavy atom. The van der Waals surface area contributed by atoms with Crippen LogP contribution in [0.4, 0.5) is 5.69 Å². The van der Waals surface area contributed by atoms with Gasteiger partial charge in [-0.1, -0.05) is 11.6 Å². The summed E-state index contributed by atoms with van der Waals surface area (Å²) in [5, 5.41) is 15.4. The van der Waals surface area contributed by atoms with Crippen LogP contribution in [0, 0.1) is 10.1 Å². The molecule has 0 saturated carbocycles. The number of hydrogen-bond donors (Lipinski definition) is 0. The lowest BCUT2D eigenvalue weighted by Gasteiger charge is -2.18. The summed E-state index contributed by atoms with van der Waals surface area (Å²) in [6, 6.07) is 4.90. The number of amides is 1. The molecule has 0 bridgehead atoms. The van der Waals surface area contributed by atoms with Crippen molar-refractivity contribution in [3.63, 3.8) is 0 Å². The molecule has 104 valence electrons. The van der Waals surface area contributed by atoms with Crippen molar-refractivity contribution in [2.75, 3.05) is 7.05 Å². The molecule has 1 atom stereocenters. The number of non-ortho nitro benzene ring substituents is 1. The monoisotopic (exact) mass is 295 g/mol. The van der Waals surface area contributed by atoms with Gasteiger partial charge in [0, 0.05) is 24.7 Å². The average molecular weight is 296 g/mol. The lowest BCUT2D eigenvalue weighted by atomic mass is 9.92. The van der Waals surface area contributed by atoms with Gasteiger partial charge in [0.2, 0.25) is 4.87 Å². The summed E-state index contributed by atoms with van der Waals surface area (Å²) in [4.78, 5) is 32.5.